The molecule has 0 unspecified atom stereocenters. The normalized spacial score (nSPS) is 14.3. The van der Waals surface area contributed by atoms with Crippen LogP contribution in [0.3, 0.4) is 0 Å². The summed E-state index contributed by atoms with van der Waals surface area (Å²) in [6.45, 7) is 5.38. The molecule has 0 spiro atoms. The van der Waals surface area contributed by atoms with Crippen LogP contribution in [0.4, 0.5) is 5.82 Å². The molecule has 1 fully saturated rings. The number of pyridine rings is 1. The minimum absolute atomic E-state index is 0.0749. The van der Waals surface area contributed by atoms with E-state index in [0.29, 0.717) is 13.1 Å². The van der Waals surface area contributed by atoms with E-state index in [9.17, 15) is 4.79 Å². The lowest BCUT2D eigenvalue weighted by molar-refractivity contribution is 0.0754. The lowest BCUT2D eigenvalue weighted by atomic mass is 10.2. The number of nitrogens with zero attached hydrogens (tertiary/aromatic N) is 3. The topological polar surface area (TPSA) is 36.4 Å². The third kappa shape index (κ3) is 3.14. The van der Waals surface area contributed by atoms with Crippen LogP contribution < -0.4 is 4.90 Å². The maximum atomic E-state index is 12.9. The standard InChI is InChI=1S/C17H21N3OS/c1-2-19(13-14-7-6-12-22-14)17(21)15-8-5-9-18-16(15)20-10-3-4-11-20/h5-9,12H,2-4,10-11,13H2,1H3. The molecule has 116 valence electrons. The highest BCUT2D eigenvalue weighted by Gasteiger charge is 2.23. The molecule has 1 saturated heterocycles. The molecule has 0 saturated carbocycles. The van der Waals surface area contributed by atoms with Gasteiger partial charge in [0.25, 0.3) is 5.91 Å². The molecule has 1 amide bonds. The van der Waals surface area contributed by atoms with Crippen molar-refractivity contribution in [1.82, 2.24) is 9.88 Å². The van der Waals surface area contributed by atoms with Gasteiger partial charge in [-0.3, -0.25) is 4.79 Å². The monoisotopic (exact) mass is 315 g/mol. The maximum absolute atomic E-state index is 12.9. The number of hydrogen-bond donors (Lipinski definition) is 0. The molecular weight excluding hydrogens is 294 g/mol. The van der Waals surface area contributed by atoms with E-state index in [1.54, 1.807) is 17.5 Å². The van der Waals surface area contributed by atoms with Crippen molar-refractivity contribution in [2.75, 3.05) is 24.5 Å². The van der Waals surface area contributed by atoms with Gasteiger partial charge in [0.2, 0.25) is 0 Å². The Hall–Kier alpha value is -1.88. The van der Waals surface area contributed by atoms with Gasteiger partial charge in [0.15, 0.2) is 0 Å². The van der Waals surface area contributed by atoms with Crippen molar-refractivity contribution in [2.24, 2.45) is 0 Å². The fourth-order valence-electron chi connectivity index (χ4n) is 2.83. The number of thiophene rings is 1. The van der Waals surface area contributed by atoms with E-state index < -0.39 is 0 Å². The Labute approximate surface area is 135 Å². The van der Waals surface area contributed by atoms with Crippen molar-refractivity contribution >= 4 is 23.1 Å². The van der Waals surface area contributed by atoms with E-state index in [-0.39, 0.29) is 5.91 Å². The molecule has 2 aromatic heterocycles. The molecule has 1 aliphatic rings. The van der Waals surface area contributed by atoms with Crippen LogP contribution in [0.25, 0.3) is 0 Å². The molecule has 0 aromatic carbocycles. The second-order valence-corrected chi connectivity index (χ2v) is 6.50. The summed E-state index contributed by atoms with van der Waals surface area (Å²) in [5, 5.41) is 2.05. The maximum Gasteiger partial charge on any atom is 0.257 e. The van der Waals surface area contributed by atoms with E-state index in [1.807, 2.05) is 35.4 Å². The number of anilines is 1. The quantitative estimate of drug-likeness (QED) is 0.848. The molecule has 0 atom stereocenters. The SMILES string of the molecule is CCN(Cc1cccs1)C(=O)c1cccnc1N1CCCC1. The van der Waals surface area contributed by atoms with Gasteiger partial charge in [-0.2, -0.15) is 0 Å². The molecule has 0 bridgehead atoms. The molecule has 22 heavy (non-hydrogen) atoms. The van der Waals surface area contributed by atoms with Gasteiger partial charge in [0.1, 0.15) is 5.82 Å². The van der Waals surface area contributed by atoms with Crippen LogP contribution in [0.1, 0.15) is 35.0 Å². The van der Waals surface area contributed by atoms with Gasteiger partial charge in [0.05, 0.1) is 12.1 Å². The predicted molar refractivity (Wildman–Crippen MR) is 90.4 cm³/mol. The Kier molecular flexibility index (Phi) is 4.73. The summed E-state index contributed by atoms with van der Waals surface area (Å²) in [5.74, 6) is 0.917. The second kappa shape index (κ2) is 6.92. The van der Waals surface area contributed by atoms with E-state index >= 15 is 0 Å². The van der Waals surface area contributed by atoms with E-state index in [0.717, 1.165) is 24.5 Å². The zero-order valence-corrected chi connectivity index (χ0v) is 13.7. The van der Waals surface area contributed by atoms with Crippen molar-refractivity contribution in [3.8, 4) is 0 Å². The number of carbonyl (C=O) groups is 1. The van der Waals surface area contributed by atoms with Crippen molar-refractivity contribution < 1.29 is 4.79 Å². The van der Waals surface area contributed by atoms with E-state index in [2.05, 4.69) is 16.0 Å². The number of hydrogen-bond acceptors (Lipinski definition) is 4. The summed E-state index contributed by atoms with van der Waals surface area (Å²) >= 11 is 1.69. The molecule has 0 radical (unpaired) electrons. The average Bonchev–Trinajstić information content (AvgIpc) is 3.25. The van der Waals surface area contributed by atoms with Gasteiger partial charge in [-0.15, -0.1) is 11.3 Å². The zero-order valence-electron chi connectivity index (χ0n) is 12.9. The molecule has 0 aliphatic carbocycles. The Morgan fingerprint density at radius 3 is 2.82 bits per heavy atom. The number of rotatable bonds is 5. The molecule has 3 rings (SSSR count). The third-order valence-electron chi connectivity index (χ3n) is 4.02. The summed E-state index contributed by atoms with van der Waals surface area (Å²) in [4.78, 5) is 22.7. The van der Waals surface area contributed by atoms with Crippen molar-refractivity contribution in [1.29, 1.82) is 0 Å². The summed E-state index contributed by atoms with van der Waals surface area (Å²) in [6.07, 6.45) is 4.13. The molecule has 4 nitrogen and oxygen atoms in total. The summed E-state index contributed by atoms with van der Waals surface area (Å²) in [5.41, 5.74) is 0.725. The van der Waals surface area contributed by atoms with Gasteiger partial charge in [-0.05, 0) is 43.3 Å². The Balaban J connectivity index is 1.84. The second-order valence-electron chi connectivity index (χ2n) is 5.47. The Bertz CT molecular complexity index is 621. The Morgan fingerprint density at radius 2 is 2.14 bits per heavy atom. The molecule has 5 heteroatoms. The fraction of sp³-hybridized carbons (Fsp3) is 0.412. The van der Waals surface area contributed by atoms with Gasteiger partial charge >= 0.3 is 0 Å². The first-order chi connectivity index (χ1) is 10.8. The highest BCUT2D eigenvalue weighted by molar-refractivity contribution is 7.09. The largest absolute Gasteiger partial charge is 0.356 e. The van der Waals surface area contributed by atoms with Crippen molar-refractivity contribution in [3.05, 3.63) is 46.3 Å². The third-order valence-corrected chi connectivity index (χ3v) is 4.88. The van der Waals surface area contributed by atoms with Gasteiger partial charge < -0.3 is 9.80 Å². The number of carbonyl (C=O) groups excluding carboxylic acids is 1. The molecule has 3 heterocycles. The molecular formula is C17H21N3OS. The van der Waals surface area contributed by atoms with Crippen molar-refractivity contribution in [2.45, 2.75) is 26.3 Å². The van der Waals surface area contributed by atoms with Gasteiger partial charge in [-0.25, -0.2) is 4.98 Å². The first-order valence-corrected chi connectivity index (χ1v) is 8.69. The van der Waals surface area contributed by atoms with E-state index in [4.69, 9.17) is 0 Å². The molecule has 0 N–H and O–H groups in total. The predicted octanol–water partition coefficient (Wildman–Crippen LogP) is 3.41. The highest BCUT2D eigenvalue weighted by Crippen LogP contribution is 2.24. The smallest absolute Gasteiger partial charge is 0.257 e. The van der Waals surface area contributed by atoms with Crippen LogP contribution in [0, 0.1) is 0 Å². The minimum atomic E-state index is 0.0749. The van der Waals surface area contributed by atoms with Crippen LogP contribution in [-0.2, 0) is 6.54 Å². The fourth-order valence-corrected chi connectivity index (χ4v) is 3.55. The summed E-state index contributed by atoms with van der Waals surface area (Å²) in [7, 11) is 0. The van der Waals surface area contributed by atoms with Crippen LogP contribution in [0.2, 0.25) is 0 Å². The van der Waals surface area contributed by atoms with Gasteiger partial charge in [-0.1, -0.05) is 6.07 Å². The average molecular weight is 315 g/mol. The first kappa shape index (κ1) is 15.0. The van der Waals surface area contributed by atoms with Crippen LogP contribution in [-0.4, -0.2) is 35.4 Å². The minimum Gasteiger partial charge on any atom is -0.356 e. The van der Waals surface area contributed by atoms with Crippen molar-refractivity contribution in [3.63, 3.8) is 0 Å². The zero-order chi connectivity index (χ0) is 15.4. The number of aromatic nitrogens is 1. The lowest BCUT2D eigenvalue weighted by Crippen LogP contribution is -2.32. The summed E-state index contributed by atoms with van der Waals surface area (Å²) in [6, 6.07) is 7.86. The highest BCUT2D eigenvalue weighted by atomic mass is 32.1. The Morgan fingerprint density at radius 1 is 1.32 bits per heavy atom. The molecule has 2 aromatic rings. The van der Waals surface area contributed by atoms with E-state index in [1.165, 1.54) is 17.7 Å². The number of amides is 1. The lowest BCUT2D eigenvalue weighted by Gasteiger charge is -2.24. The van der Waals surface area contributed by atoms with Crippen LogP contribution in [0.5, 0.6) is 0 Å². The summed E-state index contributed by atoms with van der Waals surface area (Å²) < 4.78 is 0. The van der Waals surface area contributed by atoms with Crippen LogP contribution in [0.15, 0.2) is 35.8 Å². The van der Waals surface area contributed by atoms with Crippen LogP contribution >= 0.6 is 11.3 Å². The van der Waals surface area contributed by atoms with Gasteiger partial charge in [0, 0.05) is 30.7 Å². The molecule has 1 aliphatic heterocycles. The first-order valence-electron chi connectivity index (χ1n) is 7.81.